The van der Waals surface area contributed by atoms with E-state index in [1.165, 1.54) is 4.90 Å². The molecule has 0 spiro atoms. The molecule has 0 aliphatic carbocycles. The van der Waals surface area contributed by atoms with Gasteiger partial charge in [-0.2, -0.15) is 0 Å². The molecule has 0 radical (unpaired) electrons. The number of anilines is 1. The Balaban J connectivity index is 1.59. The van der Waals surface area contributed by atoms with Crippen molar-refractivity contribution in [1.82, 2.24) is 10.2 Å². The van der Waals surface area contributed by atoms with Crippen LogP contribution < -0.4 is 10.6 Å². The Hall–Kier alpha value is -3.84. The van der Waals surface area contributed by atoms with Crippen molar-refractivity contribution in [3.8, 4) is 0 Å². The molecule has 0 aromatic heterocycles. The molecular formula is C28H28ClN3O4. The van der Waals surface area contributed by atoms with Gasteiger partial charge in [-0.3, -0.25) is 14.5 Å². The van der Waals surface area contributed by atoms with Crippen molar-refractivity contribution in [3.63, 3.8) is 0 Å². The van der Waals surface area contributed by atoms with Gasteiger partial charge in [0.1, 0.15) is 0 Å². The fourth-order valence-corrected chi connectivity index (χ4v) is 4.27. The number of hydrogen-bond donors (Lipinski definition) is 2. The first-order chi connectivity index (χ1) is 17.4. The third-order valence-electron chi connectivity index (χ3n) is 5.94. The summed E-state index contributed by atoms with van der Waals surface area (Å²) in [6.07, 6.45) is -0.630. The van der Waals surface area contributed by atoms with E-state index in [1.807, 2.05) is 38.1 Å². The van der Waals surface area contributed by atoms with Gasteiger partial charge in [0.05, 0.1) is 6.54 Å². The van der Waals surface area contributed by atoms with Gasteiger partial charge in [-0.15, -0.1) is 0 Å². The normalized spacial score (nSPS) is 17.0. The van der Waals surface area contributed by atoms with Crippen molar-refractivity contribution < 1.29 is 19.1 Å². The van der Waals surface area contributed by atoms with E-state index in [2.05, 4.69) is 10.6 Å². The number of benzene rings is 3. The van der Waals surface area contributed by atoms with Crippen molar-refractivity contribution in [2.75, 3.05) is 11.9 Å². The van der Waals surface area contributed by atoms with Crippen LogP contribution in [0.1, 0.15) is 46.5 Å². The molecule has 0 saturated carbocycles. The SMILES string of the molecule is CCCNC(=O)[C@H]1[C@@H](c2cccc(NC(=O)c3cccc(Cl)c3)c2)OC(=O)N1Cc1ccc(C)cc1. The molecular weight excluding hydrogens is 478 g/mol. The zero-order valence-corrected chi connectivity index (χ0v) is 20.9. The third kappa shape index (κ3) is 5.86. The van der Waals surface area contributed by atoms with Crippen LogP contribution in [-0.2, 0) is 16.1 Å². The molecule has 3 aromatic carbocycles. The van der Waals surface area contributed by atoms with Crippen LogP contribution in [0.5, 0.6) is 0 Å². The second-order valence-corrected chi connectivity index (χ2v) is 9.18. The first-order valence-electron chi connectivity index (χ1n) is 11.8. The van der Waals surface area contributed by atoms with E-state index < -0.39 is 18.2 Å². The van der Waals surface area contributed by atoms with Gasteiger partial charge >= 0.3 is 6.09 Å². The summed E-state index contributed by atoms with van der Waals surface area (Å²) in [6.45, 7) is 4.68. The number of halogens is 1. The lowest BCUT2D eigenvalue weighted by Crippen LogP contribution is -2.46. The molecule has 1 aliphatic heterocycles. The number of carbonyl (C=O) groups is 3. The van der Waals surface area contributed by atoms with Crippen molar-refractivity contribution in [1.29, 1.82) is 0 Å². The van der Waals surface area contributed by atoms with E-state index in [0.717, 1.165) is 17.5 Å². The standard InChI is InChI=1S/C28H28ClN3O4/c1-3-14-30-27(34)24-25(36-28(35)32(24)17-19-12-10-18(2)11-13-19)20-6-5-9-23(16-20)31-26(33)21-7-4-8-22(29)15-21/h4-13,15-16,24-25H,3,14,17H2,1-2H3,(H,30,34)(H,31,33)/t24-,25-/m1/s1. The summed E-state index contributed by atoms with van der Waals surface area (Å²) in [5.41, 5.74) is 3.54. The number of amides is 3. The van der Waals surface area contributed by atoms with Gasteiger partial charge in [0.2, 0.25) is 5.91 Å². The molecule has 0 unspecified atom stereocenters. The summed E-state index contributed by atoms with van der Waals surface area (Å²) in [5.74, 6) is -0.607. The Morgan fingerprint density at radius 1 is 1.03 bits per heavy atom. The molecule has 36 heavy (non-hydrogen) atoms. The van der Waals surface area contributed by atoms with Gasteiger partial charge in [0.25, 0.3) is 5.91 Å². The van der Waals surface area contributed by atoms with Gasteiger partial charge in [0, 0.05) is 22.8 Å². The topological polar surface area (TPSA) is 87.7 Å². The van der Waals surface area contributed by atoms with E-state index in [4.69, 9.17) is 16.3 Å². The summed E-state index contributed by atoms with van der Waals surface area (Å²) in [6, 6.07) is 20.6. The lowest BCUT2D eigenvalue weighted by molar-refractivity contribution is -0.126. The van der Waals surface area contributed by atoms with Crippen molar-refractivity contribution in [3.05, 3.63) is 100 Å². The van der Waals surface area contributed by atoms with Crippen LogP contribution in [0.2, 0.25) is 5.02 Å². The predicted molar refractivity (Wildman–Crippen MR) is 139 cm³/mol. The Kier molecular flexibility index (Phi) is 7.90. The summed E-state index contributed by atoms with van der Waals surface area (Å²) >= 11 is 6.01. The quantitative estimate of drug-likeness (QED) is 0.424. The van der Waals surface area contributed by atoms with E-state index in [9.17, 15) is 14.4 Å². The lowest BCUT2D eigenvalue weighted by atomic mass is 10.00. The van der Waals surface area contributed by atoms with Crippen LogP contribution in [-0.4, -0.2) is 35.4 Å². The number of nitrogens with one attached hydrogen (secondary N) is 2. The molecule has 1 saturated heterocycles. The fraction of sp³-hybridized carbons (Fsp3) is 0.250. The lowest BCUT2D eigenvalue weighted by Gasteiger charge is -2.24. The largest absolute Gasteiger partial charge is 0.438 e. The molecule has 3 amide bonds. The van der Waals surface area contributed by atoms with Crippen molar-refractivity contribution >= 4 is 35.2 Å². The minimum atomic E-state index is -0.857. The minimum Gasteiger partial charge on any atom is -0.438 e. The average molecular weight is 506 g/mol. The molecule has 7 nitrogen and oxygen atoms in total. The summed E-state index contributed by atoms with van der Waals surface area (Å²) < 4.78 is 5.73. The smallest absolute Gasteiger partial charge is 0.411 e. The maximum Gasteiger partial charge on any atom is 0.411 e. The van der Waals surface area contributed by atoms with Crippen LogP contribution in [0.25, 0.3) is 0 Å². The maximum atomic E-state index is 13.2. The zero-order chi connectivity index (χ0) is 25.7. The van der Waals surface area contributed by atoms with Crippen LogP contribution >= 0.6 is 11.6 Å². The molecule has 186 valence electrons. The monoisotopic (exact) mass is 505 g/mol. The van der Waals surface area contributed by atoms with E-state index in [1.54, 1.807) is 48.5 Å². The molecule has 8 heteroatoms. The molecule has 4 rings (SSSR count). The van der Waals surface area contributed by atoms with Crippen LogP contribution in [0.3, 0.4) is 0 Å². The second kappa shape index (κ2) is 11.3. The third-order valence-corrected chi connectivity index (χ3v) is 6.17. The zero-order valence-electron chi connectivity index (χ0n) is 20.2. The number of aryl methyl sites for hydroxylation is 1. The highest BCUT2D eigenvalue weighted by Gasteiger charge is 2.46. The summed E-state index contributed by atoms with van der Waals surface area (Å²) in [7, 11) is 0. The Morgan fingerprint density at radius 3 is 2.50 bits per heavy atom. The first-order valence-corrected chi connectivity index (χ1v) is 12.2. The molecule has 2 atom stereocenters. The van der Waals surface area contributed by atoms with E-state index in [-0.39, 0.29) is 18.4 Å². The Labute approximate surface area is 215 Å². The molecule has 2 N–H and O–H groups in total. The van der Waals surface area contributed by atoms with Gasteiger partial charge in [0.15, 0.2) is 12.1 Å². The highest BCUT2D eigenvalue weighted by molar-refractivity contribution is 6.31. The molecule has 0 bridgehead atoms. The van der Waals surface area contributed by atoms with Gasteiger partial charge in [-0.05, 0) is 54.8 Å². The number of rotatable bonds is 8. The van der Waals surface area contributed by atoms with Crippen LogP contribution in [0.15, 0.2) is 72.8 Å². The molecule has 1 fully saturated rings. The average Bonchev–Trinajstić information content (AvgIpc) is 3.20. The number of ether oxygens (including phenoxy) is 1. The van der Waals surface area contributed by atoms with Gasteiger partial charge in [-0.1, -0.05) is 66.6 Å². The van der Waals surface area contributed by atoms with E-state index >= 15 is 0 Å². The predicted octanol–water partition coefficient (Wildman–Crippen LogP) is 5.49. The number of nitrogens with zero attached hydrogens (tertiary/aromatic N) is 1. The minimum absolute atomic E-state index is 0.241. The Bertz CT molecular complexity index is 1260. The highest BCUT2D eigenvalue weighted by atomic mass is 35.5. The van der Waals surface area contributed by atoms with Crippen molar-refractivity contribution in [2.24, 2.45) is 0 Å². The molecule has 3 aromatic rings. The fourth-order valence-electron chi connectivity index (χ4n) is 4.08. The molecule has 1 aliphatic rings. The first kappa shape index (κ1) is 25.3. The Morgan fingerprint density at radius 2 is 1.78 bits per heavy atom. The highest BCUT2D eigenvalue weighted by Crippen LogP contribution is 2.35. The van der Waals surface area contributed by atoms with Crippen LogP contribution in [0.4, 0.5) is 10.5 Å². The summed E-state index contributed by atoms with van der Waals surface area (Å²) in [4.78, 5) is 40.3. The molecule has 1 heterocycles. The second-order valence-electron chi connectivity index (χ2n) is 8.74. The van der Waals surface area contributed by atoms with Crippen LogP contribution in [0, 0.1) is 6.92 Å². The van der Waals surface area contributed by atoms with Crippen molar-refractivity contribution in [2.45, 2.75) is 39.0 Å². The number of carbonyl (C=O) groups excluding carboxylic acids is 3. The van der Waals surface area contributed by atoms with Gasteiger partial charge < -0.3 is 15.4 Å². The number of cyclic esters (lactones) is 1. The number of hydrogen-bond acceptors (Lipinski definition) is 4. The maximum absolute atomic E-state index is 13.2. The summed E-state index contributed by atoms with van der Waals surface area (Å²) in [5, 5.41) is 6.20. The van der Waals surface area contributed by atoms with Gasteiger partial charge in [-0.25, -0.2) is 4.79 Å². The van der Waals surface area contributed by atoms with E-state index in [0.29, 0.717) is 28.4 Å².